The molecule has 108 valence electrons. The number of nitrogens with zero attached hydrogens (tertiary/aromatic N) is 1. The Kier molecular flexibility index (Phi) is 6.94. The highest BCUT2D eigenvalue weighted by atomic mass is 16.2. The van der Waals surface area contributed by atoms with Crippen LogP contribution in [-0.2, 0) is 4.79 Å². The predicted molar refractivity (Wildman–Crippen MR) is 79.6 cm³/mol. The van der Waals surface area contributed by atoms with Crippen LogP contribution in [0.2, 0.25) is 0 Å². The molecule has 0 aromatic rings. The number of carbonyl (C=O) groups excluding carboxylic acids is 1. The highest BCUT2D eigenvalue weighted by molar-refractivity contribution is 5.78. The van der Waals surface area contributed by atoms with Gasteiger partial charge in [0.1, 0.15) is 0 Å². The molecule has 1 heterocycles. The number of hydrogen-bond donors (Lipinski definition) is 1. The van der Waals surface area contributed by atoms with Crippen molar-refractivity contribution in [1.29, 1.82) is 0 Å². The zero-order valence-electron chi connectivity index (χ0n) is 12.8. The van der Waals surface area contributed by atoms with Crippen LogP contribution in [0.5, 0.6) is 0 Å². The molecule has 3 heteroatoms. The number of likely N-dealkylation sites (tertiary alicyclic amines) is 1. The molecule has 1 amide bonds. The van der Waals surface area contributed by atoms with Gasteiger partial charge in [-0.15, -0.1) is 5.92 Å². The van der Waals surface area contributed by atoms with Crippen molar-refractivity contribution in [1.82, 2.24) is 10.2 Å². The largest absolute Gasteiger partial charge is 0.342 e. The molecule has 19 heavy (non-hydrogen) atoms. The quantitative estimate of drug-likeness (QED) is 0.789. The van der Waals surface area contributed by atoms with Crippen LogP contribution in [0.15, 0.2) is 0 Å². The highest BCUT2D eigenvalue weighted by Crippen LogP contribution is 2.16. The summed E-state index contributed by atoms with van der Waals surface area (Å²) in [5, 5.41) is 3.21. The molecule has 1 fully saturated rings. The fourth-order valence-electron chi connectivity index (χ4n) is 2.14. The number of carbonyl (C=O) groups is 1. The van der Waals surface area contributed by atoms with Gasteiger partial charge >= 0.3 is 0 Å². The molecule has 0 aromatic heterocycles. The molecule has 0 bridgehead atoms. The maximum Gasteiger partial charge on any atom is 0.236 e. The van der Waals surface area contributed by atoms with E-state index in [1.54, 1.807) is 0 Å². The molecule has 0 aromatic carbocycles. The van der Waals surface area contributed by atoms with Crippen molar-refractivity contribution < 1.29 is 4.79 Å². The summed E-state index contributed by atoms with van der Waals surface area (Å²) in [6, 6.07) is 0. The summed E-state index contributed by atoms with van der Waals surface area (Å²) in [7, 11) is 0. The SMILES string of the molecule is CC(C)C#CC1CCN(C(=O)CNCC(C)C)CC1. The lowest BCUT2D eigenvalue weighted by molar-refractivity contribution is -0.131. The van der Waals surface area contributed by atoms with Crippen LogP contribution in [0.25, 0.3) is 0 Å². The maximum absolute atomic E-state index is 12.0. The van der Waals surface area contributed by atoms with Crippen molar-refractivity contribution in [3.05, 3.63) is 0 Å². The first kappa shape index (κ1) is 16.0. The van der Waals surface area contributed by atoms with Gasteiger partial charge in [0.2, 0.25) is 5.91 Å². The lowest BCUT2D eigenvalue weighted by Crippen LogP contribution is -2.43. The molecule has 0 unspecified atom stereocenters. The molecule has 1 rings (SSSR count). The second kappa shape index (κ2) is 8.22. The Hall–Kier alpha value is -1.01. The third kappa shape index (κ3) is 6.63. The Morgan fingerprint density at radius 3 is 2.42 bits per heavy atom. The number of piperidine rings is 1. The Morgan fingerprint density at radius 1 is 1.26 bits per heavy atom. The van der Waals surface area contributed by atoms with E-state index in [2.05, 4.69) is 44.9 Å². The van der Waals surface area contributed by atoms with E-state index in [1.807, 2.05) is 4.90 Å². The fraction of sp³-hybridized carbons (Fsp3) is 0.812. The molecular formula is C16H28N2O. The van der Waals surface area contributed by atoms with Crippen LogP contribution in [-0.4, -0.2) is 37.0 Å². The van der Waals surface area contributed by atoms with E-state index in [9.17, 15) is 4.79 Å². The first-order valence-electron chi connectivity index (χ1n) is 7.48. The fourth-order valence-corrected chi connectivity index (χ4v) is 2.14. The molecule has 0 radical (unpaired) electrons. The lowest BCUT2D eigenvalue weighted by Gasteiger charge is -2.30. The van der Waals surface area contributed by atoms with Crippen LogP contribution in [0, 0.1) is 29.6 Å². The van der Waals surface area contributed by atoms with Crippen LogP contribution in [0.4, 0.5) is 0 Å². The van der Waals surface area contributed by atoms with E-state index in [0.717, 1.165) is 32.5 Å². The minimum atomic E-state index is 0.232. The second-order valence-corrected chi connectivity index (χ2v) is 6.12. The van der Waals surface area contributed by atoms with Crippen LogP contribution >= 0.6 is 0 Å². The van der Waals surface area contributed by atoms with Gasteiger partial charge in [-0.2, -0.15) is 0 Å². The van der Waals surface area contributed by atoms with Gasteiger partial charge < -0.3 is 10.2 Å². The standard InChI is InChI=1S/C16H28N2O/c1-13(2)5-6-15-7-9-18(10-8-15)16(19)12-17-11-14(3)4/h13-15,17H,7-12H2,1-4H3. The van der Waals surface area contributed by atoms with E-state index < -0.39 is 0 Å². The van der Waals surface area contributed by atoms with Crippen molar-refractivity contribution in [2.75, 3.05) is 26.2 Å². The van der Waals surface area contributed by atoms with Crippen molar-refractivity contribution in [2.24, 2.45) is 17.8 Å². The van der Waals surface area contributed by atoms with Gasteiger partial charge in [-0.3, -0.25) is 4.79 Å². The third-order valence-electron chi connectivity index (χ3n) is 3.25. The van der Waals surface area contributed by atoms with Gasteiger partial charge in [0.15, 0.2) is 0 Å². The molecule has 0 saturated carbocycles. The first-order chi connectivity index (χ1) is 8.99. The summed E-state index contributed by atoms with van der Waals surface area (Å²) < 4.78 is 0. The van der Waals surface area contributed by atoms with E-state index in [-0.39, 0.29) is 5.91 Å². The Morgan fingerprint density at radius 2 is 1.89 bits per heavy atom. The van der Waals surface area contributed by atoms with Gasteiger partial charge in [-0.05, 0) is 25.3 Å². The monoisotopic (exact) mass is 264 g/mol. The third-order valence-corrected chi connectivity index (χ3v) is 3.25. The summed E-state index contributed by atoms with van der Waals surface area (Å²) in [6.45, 7) is 11.6. The molecular weight excluding hydrogens is 236 g/mol. The summed E-state index contributed by atoms with van der Waals surface area (Å²) in [6.07, 6.45) is 2.05. The molecule has 1 aliphatic heterocycles. The summed E-state index contributed by atoms with van der Waals surface area (Å²) in [4.78, 5) is 14.0. The van der Waals surface area contributed by atoms with Crippen LogP contribution in [0.1, 0.15) is 40.5 Å². The molecule has 1 N–H and O–H groups in total. The number of nitrogens with one attached hydrogen (secondary N) is 1. The second-order valence-electron chi connectivity index (χ2n) is 6.12. The van der Waals surface area contributed by atoms with Gasteiger partial charge in [-0.25, -0.2) is 0 Å². The Bertz CT molecular complexity index is 330. The van der Waals surface area contributed by atoms with Gasteiger partial charge in [0, 0.05) is 24.9 Å². The Labute approximate surface area is 118 Å². The van der Waals surface area contributed by atoms with E-state index in [1.165, 1.54) is 0 Å². The average Bonchev–Trinajstić information content (AvgIpc) is 2.36. The average molecular weight is 264 g/mol. The summed E-state index contributed by atoms with van der Waals surface area (Å²) >= 11 is 0. The summed E-state index contributed by atoms with van der Waals surface area (Å²) in [5.41, 5.74) is 0. The van der Waals surface area contributed by atoms with E-state index in [0.29, 0.717) is 24.3 Å². The summed E-state index contributed by atoms with van der Waals surface area (Å²) in [5.74, 6) is 8.32. The van der Waals surface area contributed by atoms with E-state index >= 15 is 0 Å². The molecule has 1 aliphatic rings. The maximum atomic E-state index is 12.0. The zero-order chi connectivity index (χ0) is 14.3. The topological polar surface area (TPSA) is 32.3 Å². The minimum absolute atomic E-state index is 0.232. The van der Waals surface area contributed by atoms with Crippen LogP contribution < -0.4 is 5.32 Å². The zero-order valence-corrected chi connectivity index (χ0v) is 12.8. The Balaban J connectivity index is 2.26. The van der Waals surface area contributed by atoms with Crippen LogP contribution in [0.3, 0.4) is 0 Å². The molecule has 0 atom stereocenters. The smallest absolute Gasteiger partial charge is 0.236 e. The van der Waals surface area contributed by atoms with Gasteiger partial charge in [0.25, 0.3) is 0 Å². The number of amides is 1. The normalized spacial score (nSPS) is 16.6. The lowest BCUT2D eigenvalue weighted by atomic mass is 9.96. The highest BCUT2D eigenvalue weighted by Gasteiger charge is 2.21. The van der Waals surface area contributed by atoms with E-state index in [4.69, 9.17) is 0 Å². The molecule has 0 aliphatic carbocycles. The first-order valence-corrected chi connectivity index (χ1v) is 7.48. The van der Waals surface area contributed by atoms with Crippen molar-refractivity contribution in [3.8, 4) is 11.8 Å². The van der Waals surface area contributed by atoms with Crippen molar-refractivity contribution in [2.45, 2.75) is 40.5 Å². The molecule has 1 saturated heterocycles. The minimum Gasteiger partial charge on any atom is -0.342 e. The molecule has 0 spiro atoms. The van der Waals surface area contributed by atoms with Crippen molar-refractivity contribution in [3.63, 3.8) is 0 Å². The van der Waals surface area contributed by atoms with Gasteiger partial charge in [0.05, 0.1) is 6.54 Å². The van der Waals surface area contributed by atoms with Crippen molar-refractivity contribution >= 4 is 5.91 Å². The molecule has 3 nitrogen and oxygen atoms in total. The van der Waals surface area contributed by atoms with Gasteiger partial charge in [-0.1, -0.05) is 33.6 Å². The number of rotatable bonds is 4. The number of hydrogen-bond acceptors (Lipinski definition) is 2. The predicted octanol–water partition coefficient (Wildman–Crippen LogP) is 2.13.